The Bertz CT molecular complexity index is 945. The predicted octanol–water partition coefficient (Wildman–Crippen LogP) is 3.55. The van der Waals surface area contributed by atoms with Crippen LogP contribution in [0, 0.1) is 0 Å². The zero-order valence-electron chi connectivity index (χ0n) is 15.2. The maximum Gasteiger partial charge on any atom is 0.274 e. The smallest absolute Gasteiger partial charge is 0.274 e. The number of H-pyrrole nitrogens is 2. The summed E-state index contributed by atoms with van der Waals surface area (Å²) in [5, 5.41) is 9.44. The second-order valence-corrected chi connectivity index (χ2v) is 7.15. The van der Waals surface area contributed by atoms with Crippen LogP contribution in [0.4, 0.5) is 5.95 Å². The van der Waals surface area contributed by atoms with E-state index in [1.807, 2.05) is 12.1 Å². The van der Waals surface area contributed by atoms with E-state index in [2.05, 4.69) is 58.4 Å². The first-order valence-electron chi connectivity index (χ1n) is 8.28. The highest BCUT2D eigenvalue weighted by Gasteiger charge is 2.15. The standard InChI is InChI=1S/C19H21N5O2/c1-11(25)13-9-15(20-10-13)17(26)22-18-21-16(23-24-18)12-5-7-14(8-6-12)19(2,3)4/h5-10,20H,1-4H3,(H2,21,22,23,24,26). The van der Waals surface area contributed by atoms with Crippen LogP contribution >= 0.6 is 0 Å². The lowest BCUT2D eigenvalue weighted by Crippen LogP contribution is -2.13. The molecule has 0 aliphatic carbocycles. The Kier molecular flexibility index (Phi) is 4.46. The topological polar surface area (TPSA) is 104 Å². The quantitative estimate of drug-likeness (QED) is 0.625. The molecular weight excluding hydrogens is 330 g/mol. The van der Waals surface area contributed by atoms with Crippen LogP contribution in [0.15, 0.2) is 36.5 Å². The highest BCUT2D eigenvalue weighted by Crippen LogP contribution is 2.25. The third kappa shape index (κ3) is 3.72. The first kappa shape index (κ1) is 17.6. The van der Waals surface area contributed by atoms with Gasteiger partial charge in [0.15, 0.2) is 11.6 Å². The molecule has 0 saturated heterocycles. The van der Waals surface area contributed by atoms with Gasteiger partial charge in [0.1, 0.15) is 5.69 Å². The Morgan fingerprint density at radius 3 is 2.38 bits per heavy atom. The number of rotatable bonds is 4. The zero-order chi connectivity index (χ0) is 18.9. The van der Waals surface area contributed by atoms with Crippen LogP contribution in [0.3, 0.4) is 0 Å². The van der Waals surface area contributed by atoms with Crippen LogP contribution in [0.5, 0.6) is 0 Å². The molecule has 0 fully saturated rings. The van der Waals surface area contributed by atoms with Crippen LogP contribution in [0.25, 0.3) is 11.4 Å². The van der Waals surface area contributed by atoms with Crippen molar-refractivity contribution in [3.05, 3.63) is 53.3 Å². The number of amides is 1. The second-order valence-electron chi connectivity index (χ2n) is 7.15. The van der Waals surface area contributed by atoms with Gasteiger partial charge in [-0.3, -0.25) is 20.0 Å². The Morgan fingerprint density at radius 2 is 1.81 bits per heavy atom. The number of Topliss-reactive ketones (excluding diaryl/α,β-unsaturated/α-hetero) is 1. The largest absolute Gasteiger partial charge is 0.356 e. The fourth-order valence-electron chi connectivity index (χ4n) is 2.47. The molecule has 0 aliphatic heterocycles. The fourth-order valence-corrected chi connectivity index (χ4v) is 2.47. The lowest BCUT2D eigenvalue weighted by Gasteiger charge is -2.18. The molecule has 26 heavy (non-hydrogen) atoms. The summed E-state index contributed by atoms with van der Waals surface area (Å²) in [7, 11) is 0. The number of hydrogen-bond acceptors (Lipinski definition) is 4. The van der Waals surface area contributed by atoms with Gasteiger partial charge in [0.25, 0.3) is 5.91 Å². The number of benzene rings is 1. The maximum atomic E-state index is 12.2. The molecule has 7 heteroatoms. The summed E-state index contributed by atoms with van der Waals surface area (Å²) in [6.07, 6.45) is 1.50. The molecule has 3 N–H and O–H groups in total. The summed E-state index contributed by atoms with van der Waals surface area (Å²) in [6, 6.07) is 9.54. The molecule has 7 nitrogen and oxygen atoms in total. The van der Waals surface area contributed by atoms with Gasteiger partial charge in [-0.15, -0.1) is 5.10 Å². The van der Waals surface area contributed by atoms with Crippen molar-refractivity contribution in [2.75, 3.05) is 5.32 Å². The minimum Gasteiger partial charge on any atom is -0.356 e. The number of carbonyl (C=O) groups is 2. The van der Waals surface area contributed by atoms with Crippen molar-refractivity contribution < 1.29 is 9.59 Å². The number of hydrogen-bond donors (Lipinski definition) is 3. The summed E-state index contributed by atoms with van der Waals surface area (Å²) < 4.78 is 0. The summed E-state index contributed by atoms with van der Waals surface area (Å²) in [5.74, 6) is 0.214. The number of anilines is 1. The first-order chi connectivity index (χ1) is 12.2. The van der Waals surface area contributed by atoms with Crippen LogP contribution < -0.4 is 5.32 Å². The lowest BCUT2D eigenvalue weighted by atomic mass is 9.87. The number of aromatic amines is 2. The van der Waals surface area contributed by atoms with E-state index in [1.54, 1.807) is 0 Å². The number of ketones is 1. The van der Waals surface area contributed by atoms with E-state index in [4.69, 9.17) is 0 Å². The Morgan fingerprint density at radius 1 is 1.12 bits per heavy atom. The van der Waals surface area contributed by atoms with E-state index in [-0.39, 0.29) is 22.8 Å². The maximum absolute atomic E-state index is 12.2. The van der Waals surface area contributed by atoms with Crippen molar-refractivity contribution in [1.29, 1.82) is 0 Å². The fraction of sp³-hybridized carbons (Fsp3) is 0.263. The highest BCUT2D eigenvalue weighted by molar-refractivity contribution is 6.04. The van der Waals surface area contributed by atoms with Gasteiger partial charge in [-0.2, -0.15) is 4.98 Å². The molecule has 3 aromatic rings. The van der Waals surface area contributed by atoms with Crippen LogP contribution in [0.1, 0.15) is 54.1 Å². The Hall–Kier alpha value is -3.22. The number of nitrogens with zero attached hydrogens (tertiary/aromatic N) is 2. The monoisotopic (exact) mass is 351 g/mol. The summed E-state index contributed by atoms with van der Waals surface area (Å²) in [5.41, 5.74) is 2.90. The minimum atomic E-state index is -0.411. The second kappa shape index (κ2) is 6.59. The molecule has 0 saturated carbocycles. The van der Waals surface area contributed by atoms with Crippen molar-refractivity contribution >= 4 is 17.6 Å². The predicted molar refractivity (Wildman–Crippen MR) is 99.3 cm³/mol. The first-order valence-corrected chi connectivity index (χ1v) is 8.28. The third-order valence-corrected chi connectivity index (χ3v) is 4.07. The third-order valence-electron chi connectivity index (χ3n) is 4.07. The molecule has 0 unspecified atom stereocenters. The van der Waals surface area contributed by atoms with Gasteiger partial charge in [-0.1, -0.05) is 45.0 Å². The van der Waals surface area contributed by atoms with Gasteiger partial charge >= 0.3 is 0 Å². The van der Waals surface area contributed by atoms with Crippen LogP contribution in [-0.2, 0) is 5.41 Å². The molecule has 1 aromatic carbocycles. The molecule has 0 radical (unpaired) electrons. The number of carbonyl (C=O) groups excluding carboxylic acids is 2. The Balaban J connectivity index is 1.73. The van der Waals surface area contributed by atoms with E-state index in [0.717, 1.165) is 5.56 Å². The molecule has 3 rings (SSSR count). The molecule has 0 spiro atoms. The average Bonchev–Trinajstić information content (AvgIpc) is 3.23. The molecule has 0 atom stereocenters. The minimum absolute atomic E-state index is 0.0772. The van der Waals surface area contributed by atoms with E-state index in [9.17, 15) is 9.59 Å². The molecule has 0 aliphatic rings. The van der Waals surface area contributed by atoms with Gasteiger partial charge in [-0.05, 0) is 24.0 Å². The molecular formula is C19H21N5O2. The number of nitrogens with one attached hydrogen (secondary N) is 3. The summed E-state index contributed by atoms with van der Waals surface area (Å²) >= 11 is 0. The zero-order valence-corrected chi connectivity index (χ0v) is 15.2. The van der Waals surface area contributed by atoms with Gasteiger partial charge < -0.3 is 4.98 Å². The SMILES string of the molecule is CC(=O)c1c[nH]c(C(=O)Nc2n[nH]c(-c3ccc(C(C)(C)C)cc3)n2)c1. The lowest BCUT2D eigenvalue weighted by molar-refractivity contribution is 0.101. The van der Waals surface area contributed by atoms with E-state index in [1.165, 1.54) is 24.8 Å². The van der Waals surface area contributed by atoms with E-state index in [0.29, 0.717) is 11.4 Å². The Labute approximate surface area is 151 Å². The van der Waals surface area contributed by atoms with E-state index < -0.39 is 5.91 Å². The average molecular weight is 351 g/mol. The number of aromatic nitrogens is 4. The molecule has 0 bridgehead atoms. The van der Waals surface area contributed by atoms with Gasteiger partial charge in [-0.25, -0.2) is 0 Å². The van der Waals surface area contributed by atoms with Crippen molar-refractivity contribution in [2.24, 2.45) is 0 Å². The normalized spacial score (nSPS) is 11.4. The molecule has 2 aromatic heterocycles. The van der Waals surface area contributed by atoms with Gasteiger partial charge in [0, 0.05) is 17.3 Å². The van der Waals surface area contributed by atoms with Crippen LogP contribution in [-0.4, -0.2) is 31.9 Å². The highest BCUT2D eigenvalue weighted by atomic mass is 16.2. The van der Waals surface area contributed by atoms with Crippen molar-refractivity contribution in [3.63, 3.8) is 0 Å². The van der Waals surface area contributed by atoms with Crippen molar-refractivity contribution in [3.8, 4) is 11.4 Å². The molecule has 1 amide bonds. The summed E-state index contributed by atoms with van der Waals surface area (Å²) in [6.45, 7) is 7.91. The van der Waals surface area contributed by atoms with Crippen molar-refractivity contribution in [1.82, 2.24) is 20.2 Å². The van der Waals surface area contributed by atoms with Crippen molar-refractivity contribution in [2.45, 2.75) is 33.1 Å². The molecule has 2 heterocycles. The van der Waals surface area contributed by atoms with Gasteiger partial charge in [0.2, 0.25) is 5.95 Å². The molecule has 134 valence electrons. The van der Waals surface area contributed by atoms with Gasteiger partial charge in [0.05, 0.1) is 0 Å². The summed E-state index contributed by atoms with van der Waals surface area (Å²) in [4.78, 5) is 30.6. The van der Waals surface area contributed by atoms with Crippen LogP contribution in [0.2, 0.25) is 0 Å². The van der Waals surface area contributed by atoms with E-state index >= 15 is 0 Å².